The van der Waals surface area contributed by atoms with E-state index in [1.807, 2.05) is 36.4 Å². The van der Waals surface area contributed by atoms with Crippen LogP contribution in [0.15, 0.2) is 54.7 Å². The van der Waals surface area contributed by atoms with Crippen LogP contribution >= 0.6 is 0 Å². The number of hydrogen-bond acceptors (Lipinski definition) is 7. The summed E-state index contributed by atoms with van der Waals surface area (Å²) in [6.07, 6.45) is 10.6. The lowest BCUT2D eigenvalue weighted by Crippen LogP contribution is -2.17. The van der Waals surface area contributed by atoms with Crippen molar-refractivity contribution in [2.24, 2.45) is 0 Å². The van der Waals surface area contributed by atoms with Crippen molar-refractivity contribution < 1.29 is 19.0 Å². The Morgan fingerprint density at radius 2 is 1.58 bits per heavy atom. The maximum Gasteiger partial charge on any atom is 0.343 e. The summed E-state index contributed by atoms with van der Waals surface area (Å²) in [5.41, 5.74) is 3.37. The smallest absolute Gasteiger partial charge is 0.343 e. The normalized spacial score (nSPS) is 16.5. The highest BCUT2D eigenvalue weighted by molar-refractivity contribution is 5.80. The predicted octanol–water partition coefficient (Wildman–Crippen LogP) is 6.42. The lowest BCUT2D eigenvalue weighted by Gasteiger charge is -2.07. The molecule has 0 spiro atoms. The van der Waals surface area contributed by atoms with Gasteiger partial charge in [0.15, 0.2) is 6.10 Å². The Kier molecular flexibility index (Phi) is 9.39. The van der Waals surface area contributed by atoms with Crippen LogP contribution in [-0.4, -0.2) is 40.0 Å². The highest BCUT2D eigenvalue weighted by atomic mass is 16.6. The van der Waals surface area contributed by atoms with E-state index in [2.05, 4.69) is 29.0 Å². The van der Waals surface area contributed by atoms with Crippen molar-refractivity contribution in [3.8, 4) is 34.1 Å². The van der Waals surface area contributed by atoms with E-state index in [1.165, 1.54) is 32.1 Å². The van der Waals surface area contributed by atoms with Gasteiger partial charge in [-0.1, -0.05) is 52.4 Å². The molecule has 0 unspecified atom stereocenters. The predicted molar refractivity (Wildman–Crippen MR) is 139 cm³/mol. The van der Waals surface area contributed by atoms with Crippen LogP contribution in [0.25, 0.3) is 22.5 Å². The number of hydrogen-bond donors (Lipinski definition) is 0. The molecule has 7 nitrogen and oxygen atoms in total. The number of epoxide rings is 1. The molecule has 0 radical (unpaired) electrons. The number of carbonyl (C=O) groups excluding carboxylic acids is 1. The van der Waals surface area contributed by atoms with E-state index in [0.29, 0.717) is 18.2 Å². The monoisotopic (exact) mass is 489 g/mol. The summed E-state index contributed by atoms with van der Waals surface area (Å²) < 4.78 is 16.5. The van der Waals surface area contributed by atoms with E-state index in [0.717, 1.165) is 41.8 Å². The van der Waals surface area contributed by atoms with E-state index < -0.39 is 6.10 Å². The van der Waals surface area contributed by atoms with Gasteiger partial charge in [0.25, 0.3) is 0 Å². The Labute approximate surface area is 213 Å². The quantitative estimate of drug-likeness (QED) is 0.112. The molecule has 1 aliphatic heterocycles. The van der Waals surface area contributed by atoms with Crippen LogP contribution in [0.5, 0.6) is 11.6 Å². The van der Waals surface area contributed by atoms with Gasteiger partial charge in [0.1, 0.15) is 5.75 Å². The fourth-order valence-electron chi connectivity index (χ4n) is 4.05. The Balaban J connectivity index is 1.25. The van der Waals surface area contributed by atoms with Crippen molar-refractivity contribution >= 4 is 5.97 Å². The summed E-state index contributed by atoms with van der Waals surface area (Å²) >= 11 is 0. The number of nitrogens with zero attached hydrogens (tertiary/aromatic N) is 3. The number of aromatic nitrogens is 3. The first kappa shape index (κ1) is 25.8. The van der Waals surface area contributed by atoms with Gasteiger partial charge in [0, 0.05) is 23.4 Å². The number of rotatable bonds is 14. The third-order valence-corrected chi connectivity index (χ3v) is 6.20. The molecule has 2 atom stereocenters. The Bertz CT molecular complexity index is 1090. The fraction of sp³-hybridized carbons (Fsp3) is 0.448. The average molecular weight is 490 g/mol. The van der Waals surface area contributed by atoms with Crippen LogP contribution in [0.3, 0.4) is 0 Å². The maximum absolute atomic E-state index is 12.1. The molecular formula is C29H35N3O4. The van der Waals surface area contributed by atoms with E-state index >= 15 is 0 Å². The molecule has 0 amide bonds. The summed E-state index contributed by atoms with van der Waals surface area (Å²) in [6, 6.07) is 15.0. The van der Waals surface area contributed by atoms with E-state index in [-0.39, 0.29) is 12.1 Å². The minimum atomic E-state index is -0.428. The Morgan fingerprint density at radius 3 is 2.28 bits per heavy atom. The first-order valence-electron chi connectivity index (χ1n) is 13.1. The summed E-state index contributed by atoms with van der Waals surface area (Å²) in [5.74, 6) is 0.718. The lowest BCUT2D eigenvalue weighted by atomic mass is 10.1. The molecule has 2 aromatic heterocycles. The second-order valence-electron chi connectivity index (χ2n) is 9.13. The van der Waals surface area contributed by atoms with Crippen molar-refractivity contribution in [2.75, 3.05) is 6.61 Å². The second-order valence-corrected chi connectivity index (χ2v) is 9.13. The number of esters is 1. The van der Waals surface area contributed by atoms with Gasteiger partial charge in [0.05, 0.1) is 24.1 Å². The van der Waals surface area contributed by atoms with Crippen LogP contribution in [-0.2, 0) is 9.53 Å². The number of unbranched alkanes of at least 4 members (excludes halogenated alkanes) is 5. The minimum absolute atomic E-state index is 0.00279. The number of pyridine rings is 1. The number of carbonyl (C=O) groups is 1. The van der Waals surface area contributed by atoms with Gasteiger partial charge in [-0.25, -0.2) is 4.79 Å². The van der Waals surface area contributed by atoms with Crippen LogP contribution in [0, 0.1) is 0 Å². The molecule has 1 aromatic carbocycles. The molecule has 0 bridgehead atoms. The number of benzene rings is 1. The fourth-order valence-corrected chi connectivity index (χ4v) is 4.05. The van der Waals surface area contributed by atoms with Gasteiger partial charge >= 0.3 is 5.97 Å². The van der Waals surface area contributed by atoms with Crippen molar-refractivity contribution in [3.63, 3.8) is 0 Å². The van der Waals surface area contributed by atoms with Gasteiger partial charge < -0.3 is 14.2 Å². The second kappa shape index (κ2) is 13.1. The van der Waals surface area contributed by atoms with Crippen molar-refractivity contribution in [3.05, 3.63) is 54.7 Å². The van der Waals surface area contributed by atoms with Gasteiger partial charge in [0.2, 0.25) is 5.88 Å². The molecule has 7 heteroatoms. The van der Waals surface area contributed by atoms with Crippen LogP contribution in [0.1, 0.15) is 65.2 Å². The summed E-state index contributed by atoms with van der Waals surface area (Å²) in [5, 5.41) is 8.49. The molecule has 3 aromatic rings. The first-order valence-corrected chi connectivity index (χ1v) is 13.1. The zero-order valence-corrected chi connectivity index (χ0v) is 21.2. The van der Waals surface area contributed by atoms with Gasteiger partial charge in [-0.3, -0.25) is 4.98 Å². The lowest BCUT2D eigenvalue weighted by molar-refractivity contribution is -0.135. The molecule has 3 heterocycles. The van der Waals surface area contributed by atoms with Crippen molar-refractivity contribution in [1.82, 2.24) is 15.2 Å². The molecule has 1 fully saturated rings. The third-order valence-electron chi connectivity index (χ3n) is 6.20. The number of ether oxygens (including phenoxy) is 3. The van der Waals surface area contributed by atoms with Crippen LogP contribution in [0.2, 0.25) is 0 Å². The summed E-state index contributed by atoms with van der Waals surface area (Å²) in [7, 11) is 0. The van der Waals surface area contributed by atoms with E-state index in [1.54, 1.807) is 18.3 Å². The molecule has 0 saturated carbocycles. The van der Waals surface area contributed by atoms with Crippen LogP contribution in [0.4, 0.5) is 0 Å². The zero-order chi connectivity index (χ0) is 25.2. The molecule has 1 aliphatic rings. The molecule has 36 heavy (non-hydrogen) atoms. The Morgan fingerprint density at radius 1 is 0.833 bits per heavy atom. The zero-order valence-electron chi connectivity index (χ0n) is 21.2. The molecule has 4 rings (SSSR count). The average Bonchev–Trinajstić information content (AvgIpc) is 3.69. The molecular weight excluding hydrogens is 454 g/mol. The van der Waals surface area contributed by atoms with E-state index in [9.17, 15) is 4.79 Å². The minimum Gasteiger partial charge on any atom is -0.477 e. The Hall–Kier alpha value is -3.32. The third kappa shape index (κ3) is 7.34. The SMILES string of the molecule is CCCCCCCCOc1ccc(-c2ccc(-c3ccc(OC(=O)[C@@H]4O[C@@H]4CCC)cc3)nc2)nn1. The largest absolute Gasteiger partial charge is 0.477 e. The van der Waals surface area contributed by atoms with Gasteiger partial charge in [-0.05, 0) is 55.3 Å². The molecule has 0 N–H and O–H groups in total. The first-order chi connectivity index (χ1) is 17.7. The molecule has 1 saturated heterocycles. The topological polar surface area (TPSA) is 86.7 Å². The molecule has 0 aliphatic carbocycles. The maximum atomic E-state index is 12.1. The standard InChI is InChI=1S/C29H35N3O4/c1-3-5-6-7-8-9-19-34-27-18-17-25(31-32-27)22-13-16-24(30-20-22)21-11-14-23(15-12-21)35-29(33)28-26(36-28)10-4-2/h11-18,20,26,28H,3-10,19H2,1-2H3/t26-,28-/m1/s1. The highest BCUT2D eigenvalue weighted by Gasteiger charge is 2.45. The summed E-state index contributed by atoms with van der Waals surface area (Å²) in [6.45, 7) is 4.96. The van der Waals surface area contributed by atoms with Gasteiger partial charge in [-0.2, -0.15) is 0 Å². The van der Waals surface area contributed by atoms with E-state index in [4.69, 9.17) is 14.2 Å². The van der Waals surface area contributed by atoms with Gasteiger partial charge in [-0.15, -0.1) is 10.2 Å². The molecule has 190 valence electrons. The van der Waals surface area contributed by atoms with Crippen molar-refractivity contribution in [1.29, 1.82) is 0 Å². The highest BCUT2D eigenvalue weighted by Crippen LogP contribution is 2.29. The summed E-state index contributed by atoms with van der Waals surface area (Å²) in [4.78, 5) is 16.7. The van der Waals surface area contributed by atoms with Crippen LogP contribution < -0.4 is 9.47 Å². The van der Waals surface area contributed by atoms with Crippen molar-refractivity contribution in [2.45, 2.75) is 77.4 Å².